The third kappa shape index (κ3) is 4.89. The van der Waals surface area contributed by atoms with E-state index < -0.39 is 17.7 Å². The Morgan fingerprint density at radius 2 is 2.06 bits per heavy atom. The van der Waals surface area contributed by atoms with Crippen molar-refractivity contribution in [2.24, 2.45) is 0 Å². The number of thiophene rings is 1. The summed E-state index contributed by atoms with van der Waals surface area (Å²) in [6, 6.07) is 10.1. The van der Waals surface area contributed by atoms with Crippen LogP contribution in [0.3, 0.4) is 0 Å². The lowest BCUT2D eigenvalue weighted by Gasteiger charge is -2.29. The van der Waals surface area contributed by atoms with Crippen LogP contribution in [0, 0.1) is 0 Å². The van der Waals surface area contributed by atoms with Crippen LogP contribution in [-0.2, 0) is 4.79 Å². The summed E-state index contributed by atoms with van der Waals surface area (Å²) in [6.07, 6.45) is 1.65. The number of nitrogens with zero attached hydrogens (tertiary/aromatic N) is 2. The molecule has 1 unspecified atom stereocenters. The first-order valence-electron chi connectivity index (χ1n) is 10.4. The zero-order valence-corrected chi connectivity index (χ0v) is 18.7. The monoisotopic (exact) mass is 440 g/mol. The van der Waals surface area contributed by atoms with Crippen LogP contribution < -0.4 is 4.74 Å². The van der Waals surface area contributed by atoms with Gasteiger partial charge in [0.25, 0.3) is 5.91 Å². The van der Waals surface area contributed by atoms with Crippen molar-refractivity contribution in [1.82, 2.24) is 9.80 Å². The van der Waals surface area contributed by atoms with E-state index in [0.717, 1.165) is 18.7 Å². The Morgan fingerprint density at radius 1 is 1.29 bits per heavy atom. The summed E-state index contributed by atoms with van der Waals surface area (Å²) in [5, 5.41) is 12.5. The van der Waals surface area contributed by atoms with E-state index in [0.29, 0.717) is 30.3 Å². The summed E-state index contributed by atoms with van der Waals surface area (Å²) < 4.78 is 5.65. The number of ether oxygens (including phenoxy) is 1. The Kier molecular flexibility index (Phi) is 7.65. The maximum Gasteiger partial charge on any atom is 0.290 e. The molecule has 1 atom stereocenters. The number of hydrogen-bond donors (Lipinski definition) is 1. The Morgan fingerprint density at radius 3 is 2.71 bits per heavy atom. The molecular formula is C24H28N2O4S. The van der Waals surface area contributed by atoms with Gasteiger partial charge in [0.1, 0.15) is 12.4 Å². The number of Topliss-reactive ketones (excluding diaryl/α,β-unsaturated/α-hetero) is 1. The fourth-order valence-corrected chi connectivity index (χ4v) is 4.40. The maximum absolute atomic E-state index is 13.3. The lowest BCUT2D eigenvalue weighted by Crippen LogP contribution is -2.38. The summed E-state index contributed by atoms with van der Waals surface area (Å²) >= 11 is 1.29. The van der Waals surface area contributed by atoms with Crippen LogP contribution >= 0.6 is 11.3 Å². The van der Waals surface area contributed by atoms with E-state index in [-0.39, 0.29) is 11.4 Å². The van der Waals surface area contributed by atoms with Gasteiger partial charge in [0, 0.05) is 13.1 Å². The first kappa shape index (κ1) is 22.8. The molecule has 164 valence electrons. The summed E-state index contributed by atoms with van der Waals surface area (Å²) in [4.78, 5) is 30.6. The van der Waals surface area contributed by atoms with Gasteiger partial charge in [0.05, 0.1) is 16.5 Å². The van der Waals surface area contributed by atoms with Crippen LogP contribution in [0.2, 0.25) is 0 Å². The molecule has 2 aromatic rings. The van der Waals surface area contributed by atoms with Crippen molar-refractivity contribution in [1.29, 1.82) is 0 Å². The van der Waals surface area contributed by atoms with Crippen LogP contribution in [0.1, 0.15) is 35.1 Å². The van der Waals surface area contributed by atoms with Crippen molar-refractivity contribution < 1.29 is 19.4 Å². The molecule has 0 fully saturated rings. The van der Waals surface area contributed by atoms with Crippen LogP contribution in [-0.4, -0.2) is 59.4 Å². The fraction of sp³-hybridized carbons (Fsp3) is 0.333. The molecule has 0 radical (unpaired) electrons. The third-order valence-corrected chi connectivity index (χ3v) is 6.26. The van der Waals surface area contributed by atoms with Crippen LogP contribution in [0.25, 0.3) is 0 Å². The number of rotatable bonds is 11. The van der Waals surface area contributed by atoms with Gasteiger partial charge in [-0.05, 0) is 42.2 Å². The molecule has 0 saturated carbocycles. The van der Waals surface area contributed by atoms with E-state index in [1.54, 1.807) is 28.5 Å². The van der Waals surface area contributed by atoms with E-state index in [1.807, 2.05) is 24.3 Å². The molecule has 1 aromatic heterocycles. The second kappa shape index (κ2) is 10.4. The number of amides is 1. The highest BCUT2D eigenvalue weighted by Crippen LogP contribution is 2.40. The van der Waals surface area contributed by atoms with Crippen molar-refractivity contribution in [3.8, 4) is 5.75 Å². The third-order valence-electron chi connectivity index (χ3n) is 5.39. The molecule has 0 bridgehead atoms. The highest BCUT2D eigenvalue weighted by molar-refractivity contribution is 7.12. The Bertz CT molecular complexity index is 964. The predicted molar refractivity (Wildman–Crippen MR) is 123 cm³/mol. The molecule has 7 heteroatoms. The second-order valence-electron chi connectivity index (χ2n) is 7.17. The predicted octanol–water partition coefficient (Wildman–Crippen LogP) is 4.23. The highest BCUT2D eigenvalue weighted by atomic mass is 32.1. The van der Waals surface area contributed by atoms with E-state index in [4.69, 9.17) is 4.74 Å². The molecule has 0 saturated heterocycles. The standard InChI is InChI=1S/C24H28N2O4S/c1-4-14-30-18-10-7-9-17(16-18)21-20(22(27)19-11-8-15-31-19)23(28)24(29)26(21)13-12-25(5-2)6-3/h4,7-11,15-16,21,28H,1,5-6,12-14H2,2-3H3. The molecule has 31 heavy (non-hydrogen) atoms. The number of carbonyl (C=O) groups is 2. The average molecular weight is 441 g/mol. The van der Waals surface area contributed by atoms with Crippen molar-refractivity contribution in [2.45, 2.75) is 19.9 Å². The lowest BCUT2D eigenvalue weighted by atomic mass is 9.95. The van der Waals surface area contributed by atoms with Gasteiger partial charge in [-0.2, -0.15) is 0 Å². The van der Waals surface area contributed by atoms with Crippen LogP contribution in [0.4, 0.5) is 0 Å². The van der Waals surface area contributed by atoms with E-state index in [9.17, 15) is 14.7 Å². The van der Waals surface area contributed by atoms with Crippen molar-refractivity contribution in [2.75, 3.05) is 32.8 Å². The molecule has 1 aliphatic rings. The minimum Gasteiger partial charge on any atom is -0.503 e. The van der Waals surface area contributed by atoms with E-state index in [1.165, 1.54) is 11.3 Å². The van der Waals surface area contributed by atoms with Crippen LogP contribution in [0.15, 0.2) is 65.8 Å². The van der Waals surface area contributed by atoms with Gasteiger partial charge in [-0.15, -0.1) is 11.3 Å². The molecule has 2 heterocycles. The zero-order chi connectivity index (χ0) is 22.4. The second-order valence-corrected chi connectivity index (χ2v) is 8.12. The van der Waals surface area contributed by atoms with Crippen molar-refractivity contribution in [3.63, 3.8) is 0 Å². The number of hydrogen-bond acceptors (Lipinski definition) is 6. The molecule has 1 N–H and O–H groups in total. The Labute approximate surface area is 187 Å². The highest BCUT2D eigenvalue weighted by Gasteiger charge is 2.44. The SMILES string of the molecule is C=CCOc1cccc(C2C(C(=O)c3cccs3)=C(O)C(=O)N2CCN(CC)CC)c1. The summed E-state index contributed by atoms with van der Waals surface area (Å²) in [5.41, 5.74) is 0.839. The van der Waals surface area contributed by atoms with Gasteiger partial charge in [-0.25, -0.2) is 0 Å². The molecule has 0 aliphatic carbocycles. The lowest BCUT2D eigenvalue weighted by molar-refractivity contribution is -0.129. The number of aliphatic hydroxyl groups excluding tert-OH is 1. The number of aliphatic hydroxyl groups is 1. The molecule has 3 rings (SSSR count). The molecule has 1 aliphatic heterocycles. The quantitative estimate of drug-likeness (QED) is 0.418. The number of ketones is 1. The van der Waals surface area contributed by atoms with E-state index in [2.05, 4.69) is 25.3 Å². The fourth-order valence-electron chi connectivity index (χ4n) is 3.72. The summed E-state index contributed by atoms with van der Waals surface area (Å²) in [5.74, 6) is -0.703. The maximum atomic E-state index is 13.3. The molecular weight excluding hydrogens is 412 g/mol. The molecule has 6 nitrogen and oxygen atoms in total. The van der Waals surface area contributed by atoms with Crippen molar-refractivity contribution >= 4 is 23.0 Å². The number of benzene rings is 1. The summed E-state index contributed by atoms with van der Waals surface area (Å²) in [7, 11) is 0. The number of carbonyl (C=O) groups excluding carboxylic acids is 2. The van der Waals surface area contributed by atoms with Gasteiger partial charge in [0.15, 0.2) is 5.76 Å². The minimum atomic E-state index is -0.676. The first-order valence-corrected chi connectivity index (χ1v) is 11.3. The first-order chi connectivity index (χ1) is 15.0. The Hall–Kier alpha value is -2.90. The topological polar surface area (TPSA) is 70.1 Å². The number of likely N-dealkylation sites (N-methyl/N-ethyl adjacent to an activating group) is 1. The smallest absolute Gasteiger partial charge is 0.290 e. The van der Waals surface area contributed by atoms with Gasteiger partial charge in [-0.3, -0.25) is 9.59 Å². The Balaban J connectivity index is 2.01. The van der Waals surface area contributed by atoms with Gasteiger partial charge in [0.2, 0.25) is 5.78 Å². The molecule has 0 spiro atoms. The van der Waals surface area contributed by atoms with Gasteiger partial charge in [-0.1, -0.05) is 44.7 Å². The molecule has 1 aromatic carbocycles. The average Bonchev–Trinajstić information content (AvgIpc) is 3.41. The van der Waals surface area contributed by atoms with Gasteiger partial charge >= 0.3 is 0 Å². The largest absolute Gasteiger partial charge is 0.503 e. The molecule has 1 amide bonds. The van der Waals surface area contributed by atoms with E-state index >= 15 is 0 Å². The van der Waals surface area contributed by atoms with Crippen molar-refractivity contribution in [3.05, 3.63) is 76.2 Å². The van der Waals surface area contributed by atoms with Gasteiger partial charge < -0.3 is 19.6 Å². The normalized spacial score (nSPS) is 16.3. The van der Waals surface area contributed by atoms with Crippen LogP contribution in [0.5, 0.6) is 5.75 Å². The summed E-state index contributed by atoms with van der Waals surface area (Å²) in [6.45, 7) is 10.9. The zero-order valence-electron chi connectivity index (χ0n) is 17.9. The minimum absolute atomic E-state index is 0.118.